The standard InChI is InChI=1S/C22H16F7N3O/c23-17-3-1-2-16(22(27,28)29)14(17)10-32-9-8-18-15(11-32)20(33)31-19(30-18)12-4-6-13(7-5-12)21(24,25)26/h1-7H,8-11H2,(H,30,31,33). The van der Waals surface area contributed by atoms with Crippen LogP contribution in [0.3, 0.4) is 0 Å². The Labute approximate surface area is 182 Å². The minimum absolute atomic E-state index is 0.0450. The second-order valence-electron chi connectivity index (χ2n) is 7.64. The number of halogens is 7. The van der Waals surface area contributed by atoms with Crippen molar-refractivity contribution >= 4 is 0 Å². The van der Waals surface area contributed by atoms with Crippen molar-refractivity contribution in [1.29, 1.82) is 0 Å². The van der Waals surface area contributed by atoms with Crippen molar-refractivity contribution in [3.63, 3.8) is 0 Å². The summed E-state index contributed by atoms with van der Waals surface area (Å²) in [6.45, 7) is -0.167. The van der Waals surface area contributed by atoms with E-state index in [0.29, 0.717) is 5.69 Å². The number of benzene rings is 2. The molecule has 0 spiro atoms. The Hall–Kier alpha value is -3.21. The van der Waals surface area contributed by atoms with Crippen LogP contribution in [-0.2, 0) is 31.9 Å². The van der Waals surface area contributed by atoms with Gasteiger partial charge in [0.25, 0.3) is 5.56 Å². The summed E-state index contributed by atoms with van der Waals surface area (Å²) in [5.74, 6) is -0.894. The van der Waals surface area contributed by atoms with E-state index in [2.05, 4.69) is 9.97 Å². The lowest BCUT2D eigenvalue weighted by Crippen LogP contribution is -2.36. The topological polar surface area (TPSA) is 49.0 Å². The highest BCUT2D eigenvalue weighted by molar-refractivity contribution is 5.56. The first-order chi connectivity index (χ1) is 15.4. The van der Waals surface area contributed by atoms with Crippen molar-refractivity contribution in [3.8, 4) is 11.4 Å². The van der Waals surface area contributed by atoms with E-state index in [4.69, 9.17) is 0 Å². The van der Waals surface area contributed by atoms with Crippen LogP contribution in [-0.4, -0.2) is 21.4 Å². The Morgan fingerprint density at radius 1 is 0.970 bits per heavy atom. The molecule has 3 aromatic rings. The van der Waals surface area contributed by atoms with E-state index in [1.54, 1.807) is 0 Å². The molecule has 0 bridgehead atoms. The van der Waals surface area contributed by atoms with Gasteiger partial charge in [-0.05, 0) is 24.3 Å². The molecule has 4 rings (SSSR count). The highest BCUT2D eigenvalue weighted by atomic mass is 19.4. The number of fused-ring (bicyclic) bond motifs is 1. The zero-order chi connectivity index (χ0) is 24.0. The summed E-state index contributed by atoms with van der Waals surface area (Å²) in [4.78, 5) is 21.0. The molecule has 11 heteroatoms. The van der Waals surface area contributed by atoms with Crippen LogP contribution in [0.1, 0.15) is 27.9 Å². The molecule has 0 saturated heterocycles. The second kappa shape index (κ2) is 8.29. The van der Waals surface area contributed by atoms with Crippen molar-refractivity contribution < 1.29 is 30.7 Å². The fourth-order valence-electron chi connectivity index (χ4n) is 3.78. The third-order valence-electron chi connectivity index (χ3n) is 5.44. The van der Waals surface area contributed by atoms with Gasteiger partial charge in [0.2, 0.25) is 0 Å². The zero-order valence-electron chi connectivity index (χ0n) is 16.8. The van der Waals surface area contributed by atoms with Crippen molar-refractivity contribution in [2.75, 3.05) is 6.54 Å². The number of nitrogens with zero attached hydrogens (tertiary/aromatic N) is 2. The Kier molecular flexibility index (Phi) is 5.77. The first-order valence-corrected chi connectivity index (χ1v) is 9.80. The molecule has 0 unspecified atom stereocenters. The van der Waals surface area contributed by atoms with Gasteiger partial charge in [0.05, 0.1) is 22.4 Å². The number of aromatic amines is 1. The average molecular weight is 471 g/mol. The van der Waals surface area contributed by atoms with Crippen LogP contribution in [0, 0.1) is 5.82 Å². The molecule has 1 N–H and O–H groups in total. The summed E-state index contributed by atoms with van der Waals surface area (Å²) in [7, 11) is 0. The number of hydrogen-bond acceptors (Lipinski definition) is 3. The molecule has 0 aliphatic carbocycles. The summed E-state index contributed by atoms with van der Waals surface area (Å²) < 4.78 is 92.2. The molecular formula is C22H16F7N3O. The van der Waals surface area contributed by atoms with Gasteiger partial charge in [-0.2, -0.15) is 26.3 Å². The molecule has 1 aromatic heterocycles. The fraction of sp³-hybridized carbons (Fsp3) is 0.273. The highest BCUT2D eigenvalue weighted by Crippen LogP contribution is 2.34. The molecule has 1 aliphatic heterocycles. The van der Waals surface area contributed by atoms with Gasteiger partial charge in [0.1, 0.15) is 11.6 Å². The molecular weight excluding hydrogens is 455 g/mol. The Bertz CT molecular complexity index is 1230. The first-order valence-electron chi connectivity index (χ1n) is 9.80. The van der Waals surface area contributed by atoms with Crippen molar-refractivity contribution in [3.05, 3.63) is 86.6 Å². The molecule has 0 atom stereocenters. The van der Waals surface area contributed by atoms with Crippen molar-refractivity contribution in [1.82, 2.24) is 14.9 Å². The predicted octanol–water partition coefficient (Wildman–Crippen LogP) is 5.17. The Morgan fingerprint density at radius 2 is 1.67 bits per heavy atom. The van der Waals surface area contributed by atoms with Gasteiger partial charge in [0.15, 0.2) is 0 Å². The summed E-state index contributed by atoms with van der Waals surface area (Å²) in [6.07, 6.45) is -9.01. The highest BCUT2D eigenvalue weighted by Gasteiger charge is 2.35. The van der Waals surface area contributed by atoms with E-state index in [0.717, 1.165) is 30.3 Å². The summed E-state index contributed by atoms with van der Waals surface area (Å²) >= 11 is 0. The minimum Gasteiger partial charge on any atom is -0.306 e. The van der Waals surface area contributed by atoms with E-state index >= 15 is 0 Å². The lowest BCUT2D eigenvalue weighted by Gasteiger charge is -2.28. The van der Waals surface area contributed by atoms with Crippen LogP contribution in [0.5, 0.6) is 0 Å². The number of alkyl halides is 6. The van der Waals surface area contributed by atoms with E-state index < -0.39 is 40.4 Å². The number of H-pyrrole nitrogens is 1. The van der Waals surface area contributed by atoms with Gasteiger partial charge in [-0.25, -0.2) is 9.37 Å². The zero-order valence-corrected chi connectivity index (χ0v) is 16.8. The van der Waals surface area contributed by atoms with Crippen LogP contribution >= 0.6 is 0 Å². The molecule has 0 radical (unpaired) electrons. The van der Waals surface area contributed by atoms with Crippen molar-refractivity contribution in [2.24, 2.45) is 0 Å². The van der Waals surface area contributed by atoms with Crippen LogP contribution < -0.4 is 5.56 Å². The van der Waals surface area contributed by atoms with Crippen LogP contribution in [0.4, 0.5) is 30.7 Å². The van der Waals surface area contributed by atoms with Crippen LogP contribution in [0.2, 0.25) is 0 Å². The molecule has 2 heterocycles. The minimum atomic E-state index is -4.72. The monoisotopic (exact) mass is 471 g/mol. The van der Waals surface area contributed by atoms with Gasteiger partial charge in [-0.1, -0.05) is 18.2 Å². The van der Waals surface area contributed by atoms with Gasteiger partial charge < -0.3 is 4.98 Å². The second-order valence-corrected chi connectivity index (χ2v) is 7.64. The molecule has 0 fully saturated rings. The van der Waals surface area contributed by atoms with Crippen LogP contribution in [0.15, 0.2) is 47.3 Å². The fourth-order valence-corrected chi connectivity index (χ4v) is 3.78. The van der Waals surface area contributed by atoms with Gasteiger partial charge >= 0.3 is 12.4 Å². The Morgan fingerprint density at radius 3 is 2.30 bits per heavy atom. The molecule has 174 valence electrons. The van der Waals surface area contributed by atoms with Crippen molar-refractivity contribution in [2.45, 2.75) is 31.9 Å². The number of hydrogen-bond donors (Lipinski definition) is 1. The SMILES string of the molecule is O=c1[nH]c(-c2ccc(C(F)(F)F)cc2)nc2c1CN(Cc1c(F)cccc1C(F)(F)F)CC2. The first kappa shape index (κ1) is 23.0. The summed E-state index contributed by atoms with van der Waals surface area (Å²) in [5, 5.41) is 0. The molecule has 0 saturated carbocycles. The maximum atomic E-state index is 14.2. The maximum absolute atomic E-state index is 14.2. The van der Waals surface area contributed by atoms with Gasteiger partial charge in [-0.15, -0.1) is 0 Å². The van der Waals surface area contributed by atoms with Gasteiger partial charge in [0, 0.05) is 37.2 Å². The number of aromatic nitrogens is 2. The molecule has 33 heavy (non-hydrogen) atoms. The predicted molar refractivity (Wildman–Crippen MR) is 105 cm³/mol. The lowest BCUT2D eigenvalue weighted by molar-refractivity contribution is -0.139. The maximum Gasteiger partial charge on any atom is 0.416 e. The quantitative estimate of drug-likeness (QED) is 0.537. The van der Waals surface area contributed by atoms with E-state index in [9.17, 15) is 35.5 Å². The molecule has 2 aromatic carbocycles. The summed E-state index contributed by atoms with van der Waals surface area (Å²) in [5.41, 5.74) is -2.06. The van der Waals surface area contributed by atoms with E-state index in [1.807, 2.05) is 0 Å². The number of nitrogens with one attached hydrogen (secondary N) is 1. The largest absolute Gasteiger partial charge is 0.416 e. The summed E-state index contributed by atoms with van der Waals surface area (Å²) in [6, 6.07) is 6.89. The normalized spacial score (nSPS) is 14.9. The lowest BCUT2D eigenvalue weighted by atomic mass is 10.0. The van der Waals surface area contributed by atoms with E-state index in [-0.39, 0.29) is 43.0 Å². The third kappa shape index (κ3) is 4.77. The smallest absolute Gasteiger partial charge is 0.306 e. The van der Waals surface area contributed by atoms with Crippen LogP contribution in [0.25, 0.3) is 11.4 Å². The molecule has 0 amide bonds. The Balaban J connectivity index is 1.59. The number of rotatable bonds is 3. The molecule has 1 aliphatic rings. The van der Waals surface area contributed by atoms with Gasteiger partial charge in [-0.3, -0.25) is 9.69 Å². The third-order valence-corrected chi connectivity index (χ3v) is 5.44. The van der Waals surface area contributed by atoms with E-state index in [1.165, 1.54) is 17.0 Å². The molecule has 4 nitrogen and oxygen atoms in total. The average Bonchev–Trinajstić information content (AvgIpc) is 2.74.